The van der Waals surface area contributed by atoms with Crippen molar-refractivity contribution in [3.63, 3.8) is 0 Å². The molecule has 3 unspecified atom stereocenters. The minimum atomic E-state index is 0.187. The number of hydrogen-bond acceptors (Lipinski definition) is 4. The molecule has 1 aliphatic heterocycles. The molecule has 3 atom stereocenters. The Hall–Kier alpha value is -0.260. The molecule has 0 radical (unpaired) electrons. The molecule has 0 aromatic carbocycles. The quantitative estimate of drug-likeness (QED) is 0.782. The SMILES string of the molecule is COC1CCC(NC(=O)CC2CSCCN2)C1. The number of methoxy groups -OCH3 is 1. The van der Waals surface area contributed by atoms with Crippen molar-refractivity contribution in [1.82, 2.24) is 10.6 Å². The van der Waals surface area contributed by atoms with Crippen LogP contribution in [0.1, 0.15) is 25.7 Å². The predicted octanol–water partition coefficient (Wildman–Crippen LogP) is 0.765. The lowest BCUT2D eigenvalue weighted by atomic mass is 10.2. The lowest BCUT2D eigenvalue weighted by Crippen LogP contribution is -2.43. The van der Waals surface area contributed by atoms with Gasteiger partial charge in [0.05, 0.1) is 6.10 Å². The Labute approximate surface area is 107 Å². The third-order valence-corrected chi connectivity index (χ3v) is 4.64. The monoisotopic (exact) mass is 258 g/mol. The van der Waals surface area contributed by atoms with Crippen LogP contribution in [0.2, 0.25) is 0 Å². The van der Waals surface area contributed by atoms with Crippen LogP contribution in [-0.2, 0) is 9.53 Å². The van der Waals surface area contributed by atoms with Crippen LogP contribution in [0.3, 0.4) is 0 Å². The number of rotatable bonds is 4. The van der Waals surface area contributed by atoms with Crippen LogP contribution in [0.5, 0.6) is 0 Å². The maximum Gasteiger partial charge on any atom is 0.221 e. The molecule has 1 aliphatic carbocycles. The highest BCUT2D eigenvalue weighted by atomic mass is 32.2. The number of nitrogens with one attached hydrogen (secondary N) is 2. The van der Waals surface area contributed by atoms with Crippen LogP contribution in [0.15, 0.2) is 0 Å². The molecule has 2 N–H and O–H groups in total. The zero-order chi connectivity index (χ0) is 12.1. The van der Waals surface area contributed by atoms with E-state index in [-0.39, 0.29) is 5.91 Å². The van der Waals surface area contributed by atoms with Crippen molar-refractivity contribution in [1.29, 1.82) is 0 Å². The Morgan fingerprint density at radius 1 is 1.53 bits per heavy atom. The number of ether oxygens (including phenoxy) is 1. The van der Waals surface area contributed by atoms with E-state index in [2.05, 4.69) is 10.6 Å². The van der Waals surface area contributed by atoms with Gasteiger partial charge in [-0.15, -0.1) is 0 Å². The molecule has 2 fully saturated rings. The summed E-state index contributed by atoms with van der Waals surface area (Å²) in [6, 6.07) is 0.678. The third-order valence-electron chi connectivity index (χ3n) is 3.51. The molecule has 0 bridgehead atoms. The van der Waals surface area contributed by atoms with Crippen LogP contribution in [-0.4, -0.2) is 49.3 Å². The van der Waals surface area contributed by atoms with E-state index >= 15 is 0 Å². The van der Waals surface area contributed by atoms with Gasteiger partial charge in [-0.1, -0.05) is 0 Å². The maximum absolute atomic E-state index is 11.9. The predicted molar refractivity (Wildman–Crippen MR) is 70.3 cm³/mol. The Morgan fingerprint density at radius 3 is 3.06 bits per heavy atom. The third kappa shape index (κ3) is 4.16. The zero-order valence-electron chi connectivity index (χ0n) is 10.4. The van der Waals surface area contributed by atoms with Gasteiger partial charge in [-0.2, -0.15) is 11.8 Å². The topological polar surface area (TPSA) is 50.4 Å². The largest absolute Gasteiger partial charge is 0.381 e. The van der Waals surface area contributed by atoms with Crippen molar-refractivity contribution in [3.8, 4) is 0 Å². The molecule has 1 saturated heterocycles. The second kappa shape index (κ2) is 6.61. The van der Waals surface area contributed by atoms with Gasteiger partial charge in [-0.25, -0.2) is 0 Å². The number of amides is 1. The zero-order valence-corrected chi connectivity index (χ0v) is 11.2. The Kier molecular flexibility index (Phi) is 5.13. The molecule has 1 amide bonds. The van der Waals surface area contributed by atoms with E-state index in [1.165, 1.54) is 0 Å². The van der Waals surface area contributed by atoms with Gasteiger partial charge < -0.3 is 15.4 Å². The first-order valence-corrected chi connectivity index (χ1v) is 7.56. The molecule has 1 heterocycles. The van der Waals surface area contributed by atoms with Gasteiger partial charge in [-0.3, -0.25) is 4.79 Å². The van der Waals surface area contributed by atoms with Gasteiger partial charge in [0.1, 0.15) is 0 Å². The van der Waals surface area contributed by atoms with Crippen LogP contribution in [0, 0.1) is 0 Å². The summed E-state index contributed by atoms with van der Waals surface area (Å²) in [6.07, 6.45) is 4.04. The van der Waals surface area contributed by atoms with Gasteiger partial charge in [0.15, 0.2) is 0 Å². The minimum absolute atomic E-state index is 0.187. The van der Waals surface area contributed by atoms with E-state index < -0.39 is 0 Å². The first-order chi connectivity index (χ1) is 8.28. The summed E-state index contributed by atoms with van der Waals surface area (Å²) in [5.74, 6) is 2.40. The lowest BCUT2D eigenvalue weighted by molar-refractivity contribution is -0.122. The Balaban J connectivity index is 1.66. The molecule has 5 heteroatoms. The average Bonchev–Trinajstić information content (AvgIpc) is 2.78. The summed E-state index contributed by atoms with van der Waals surface area (Å²) in [7, 11) is 1.75. The second-order valence-electron chi connectivity index (χ2n) is 4.87. The highest BCUT2D eigenvalue weighted by molar-refractivity contribution is 7.99. The molecule has 2 aliphatic rings. The molecular weight excluding hydrogens is 236 g/mol. The molecule has 0 spiro atoms. The molecule has 98 valence electrons. The van der Waals surface area contributed by atoms with Crippen molar-refractivity contribution in [2.24, 2.45) is 0 Å². The number of hydrogen-bond donors (Lipinski definition) is 2. The van der Waals surface area contributed by atoms with Crippen molar-refractivity contribution in [2.75, 3.05) is 25.2 Å². The summed E-state index contributed by atoms with van der Waals surface area (Å²) < 4.78 is 5.31. The standard InChI is InChI=1S/C12H22N2O2S/c1-16-11-3-2-9(6-11)14-12(15)7-10-8-17-5-4-13-10/h9-11,13H,2-8H2,1H3,(H,14,15). The van der Waals surface area contributed by atoms with E-state index in [1.54, 1.807) is 7.11 Å². The van der Waals surface area contributed by atoms with E-state index in [1.807, 2.05) is 11.8 Å². The average molecular weight is 258 g/mol. The Bertz CT molecular complexity index is 257. The van der Waals surface area contributed by atoms with Crippen molar-refractivity contribution in [3.05, 3.63) is 0 Å². The fourth-order valence-corrected chi connectivity index (χ4v) is 3.50. The smallest absolute Gasteiger partial charge is 0.221 e. The normalized spacial score (nSPS) is 33.6. The van der Waals surface area contributed by atoms with Crippen LogP contribution in [0.4, 0.5) is 0 Å². The van der Waals surface area contributed by atoms with Crippen molar-refractivity contribution >= 4 is 17.7 Å². The van der Waals surface area contributed by atoms with Crippen LogP contribution in [0.25, 0.3) is 0 Å². The molecule has 4 nitrogen and oxygen atoms in total. The molecule has 2 rings (SSSR count). The number of carbonyl (C=O) groups is 1. The molecular formula is C12H22N2O2S. The van der Waals surface area contributed by atoms with E-state index in [0.717, 1.165) is 37.3 Å². The Morgan fingerprint density at radius 2 is 2.41 bits per heavy atom. The van der Waals surface area contributed by atoms with Gasteiger partial charge in [0.25, 0.3) is 0 Å². The van der Waals surface area contributed by atoms with Crippen molar-refractivity contribution < 1.29 is 9.53 Å². The summed E-state index contributed by atoms with van der Waals surface area (Å²) in [6.45, 7) is 1.03. The first kappa shape index (κ1) is 13.2. The van der Waals surface area contributed by atoms with Crippen molar-refractivity contribution in [2.45, 2.75) is 43.9 Å². The van der Waals surface area contributed by atoms with Crippen LogP contribution >= 0.6 is 11.8 Å². The molecule has 0 aromatic rings. The summed E-state index contributed by atoms with van der Waals surface area (Å²) in [5.41, 5.74) is 0. The minimum Gasteiger partial charge on any atom is -0.381 e. The lowest BCUT2D eigenvalue weighted by Gasteiger charge is -2.23. The van der Waals surface area contributed by atoms with Gasteiger partial charge in [-0.05, 0) is 19.3 Å². The highest BCUT2D eigenvalue weighted by Crippen LogP contribution is 2.21. The van der Waals surface area contributed by atoms with Gasteiger partial charge in [0.2, 0.25) is 5.91 Å². The summed E-state index contributed by atoms with van der Waals surface area (Å²) in [5, 5.41) is 6.51. The second-order valence-corrected chi connectivity index (χ2v) is 6.02. The fraction of sp³-hybridized carbons (Fsp3) is 0.917. The number of carbonyl (C=O) groups excluding carboxylic acids is 1. The van der Waals surface area contributed by atoms with E-state index in [4.69, 9.17) is 4.74 Å². The highest BCUT2D eigenvalue weighted by Gasteiger charge is 2.26. The van der Waals surface area contributed by atoms with Crippen LogP contribution < -0.4 is 10.6 Å². The van der Waals surface area contributed by atoms with E-state index in [0.29, 0.717) is 24.6 Å². The molecule has 17 heavy (non-hydrogen) atoms. The molecule has 1 saturated carbocycles. The summed E-state index contributed by atoms with van der Waals surface area (Å²) >= 11 is 1.93. The van der Waals surface area contributed by atoms with Gasteiger partial charge in [0, 0.05) is 43.7 Å². The first-order valence-electron chi connectivity index (χ1n) is 6.41. The fourth-order valence-electron chi connectivity index (χ4n) is 2.55. The number of thioether (sulfide) groups is 1. The van der Waals surface area contributed by atoms with E-state index in [9.17, 15) is 4.79 Å². The molecule has 0 aromatic heterocycles. The summed E-state index contributed by atoms with van der Waals surface area (Å²) in [4.78, 5) is 11.9. The van der Waals surface area contributed by atoms with Gasteiger partial charge >= 0.3 is 0 Å². The maximum atomic E-state index is 11.9.